The second-order valence-electron chi connectivity index (χ2n) is 5.00. The lowest BCUT2D eigenvalue weighted by molar-refractivity contribution is 0.0620. The molecule has 0 radical (unpaired) electrons. The lowest BCUT2D eigenvalue weighted by atomic mass is 10.0. The highest BCUT2D eigenvalue weighted by atomic mass is 35.5. The smallest absolute Gasteiger partial charge is 0.246 e. The molecular formula is C13H19ClN2O3S. The van der Waals surface area contributed by atoms with Crippen molar-refractivity contribution in [2.24, 2.45) is 5.92 Å². The monoisotopic (exact) mass is 318 g/mol. The van der Waals surface area contributed by atoms with Gasteiger partial charge in [0.15, 0.2) is 0 Å². The van der Waals surface area contributed by atoms with Gasteiger partial charge in [-0.15, -0.1) is 0 Å². The van der Waals surface area contributed by atoms with E-state index in [0.717, 1.165) is 12.8 Å². The van der Waals surface area contributed by atoms with Gasteiger partial charge in [-0.2, -0.15) is 0 Å². The fourth-order valence-corrected chi connectivity index (χ4v) is 4.22. The van der Waals surface area contributed by atoms with Crippen LogP contribution in [0.5, 0.6) is 0 Å². The number of hydrogen-bond acceptors (Lipinski definition) is 4. The van der Waals surface area contributed by atoms with Gasteiger partial charge in [-0.1, -0.05) is 17.7 Å². The Labute approximate surface area is 124 Å². The number of hydrogen-bond donors (Lipinski definition) is 1. The van der Waals surface area contributed by atoms with E-state index in [9.17, 15) is 8.42 Å². The van der Waals surface area contributed by atoms with Crippen LogP contribution in [0.15, 0.2) is 23.1 Å². The van der Waals surface area contributed by atoms with E-state index in [2.05, 4.69) is 0 Å². The van der Waals surface area contributed by atoms with Gasteiger partial charge in [0.2, 0.25) is 10.0 Å². The van der Waals surface area contributed by atoms with Crippen molar-refractivity contribution in [3.05, 3.63) is 23.2 Å². The molecule has 1 aliphatic rings. The molecule has 2 rings (SSSR count). The third kappa shape index (κ3) is 3.25. The number of anilines is 1. The number of halogens is 1. The Kier molecular flexibility index (Phi) is 4.90. The van der Waals surface area contributed by atoms with Gasteiger partial charge in [0.05, 0.1) is 10.7 Å². The van der Waals surface area contributed by atoms with Crippen molar-refractivity contribution in [1.82, 2.24) is 4.31 Å². The van der Waals surface area contributed by atoms with Gasteiger partial charge in [0.1, 0.15) is 4.90 Å². The third-order valence-electron chi connectivity index (χ3n) is 3.52. The lowest BCUT2D eigenvalue weighted by Gasteiger charge is -2.27. The zero-order valence-electron chi connectivity index (χ0n) is 11.4. The summed E-state index contributed by atoms with van der Waals surface area (Å²) < 4.78 is 31.8. The summed E-state index contributed by atoms with van der Waals surface area (Å²) in [5.41, 5.74) is 5.95. The summed E-state index contributed by atoms with van der Waals surface area (Å²) in [6.45, 7) is 1.83. The van der Waals surface area contributed by atoms with Crippen LogP contribution in [-0.2, 0) is 14.8 Å². The second-order valence-corrected chi connectivity index (χ2v) is 7.39. The van der Waals surface area contributed by atoms with Gasteiger partial charge in [0.25, 0.3) is 0 Å². The Morgan fingerprint density at radius 2 is 2.05 bits per heavy atom. The molecule has 1 fully saturated rings. The molecular weight excluding hydrogens is 300 g/mol. The fourth-order valence-electron chi connectivity index (χ4n) is 2.34. The van der Waals surface area contributed by atoms with Crippen molar-refractivity contribution in [1.29, 1.82) is 0 Å². The van der Waals surface area contributed by atoms with Crippen LogP contribution >= 0.6 is 11.6 Å². The van der Waals surface area contributed by atoms with E-state index in [4.69, 9.17) is 22.1 Å². The quantitative estimate of drug-likeness (QED) is 0.861. The number of nitrogen functional groups attached to an aromatic ring is 1. The summed E-state index contributed by atoms with van der Waals surface area (Å²) >= 11 is 6.00. The molecule has 1 aromatic rings. The Hall–Kier alpha value is -0.820. The maximum Gasteiger partial charge on any atom is 0.246 e. The van der Waals surface area contributed by atoms with Crippen LogP contribution in [0.3, 0.4) is 0 Å². The first-order valence-electron chi connectivity index (χ1n) is 6.51. The highest BCUT2D eigenvalue weighted by molar-refractivity contribution is 7.89. The molecule has 7 heteroatoms. The minimum absolute atomic E-state index is 0.00349. The number of benzene rings is 1. The molecule has 5 nitrogen and oxygen atoms in total. The van der Waals surface area contributed by atoms with Gasteiger partial charge in [-0.25, -0.2) is 12.7 Å². The van der Waals surface area contributed by atoms with E-state index in [-0.39, 0.29) is 15.6 Å². The molecule has 0 amide bonds. The Balaban J connectivity index is 2.21. The Bertz CT molecular complexity index is 551. The van der Waals surface area contributed by atoms with Crippen LogP contribution < -0.4 is 5.73 Å². The average Bonchev–Trinajstić information content (AvgIpc) is 2.39. The predicted octanol–water partition coefficient (Wildman–Crippen LogP) is 1.97. The van der Waals surface area contributed by atoms with Crippen molar-refractivity contribution in [3.8, 4) is 0 Å². The normalized spacial score (nSPS) is 17.6. The molecule has 0 spiro atoms. The highest BCUT2D eigenvalue weighted by Gasteiger charge is 2.28. The van der Waals surface area contributed by atoms with Crippen LogP contribution in [-0.4, -0.2) is 39.5 Å². The molecule has 0 bridgehead atoms. The Morgan fingerprint density at radius 3 is 2.65 bits per heavy atom. The zero-order chi connectivity index (χ0) is 14.8. The number of sulfonamides is 1. The van der Waals surface area contributed by atoms with Gasteiger partial charge in [-0.05, 0) is 30.9 Å². The molecule has 0 unspecified atom stereocenters. The number of nitrogens with zero attached hydrogens (tertiary/aromatic N) is 1. The molecule has 1 aliphatic heterocycles. The molecule has 0 saturated carbocycles. The standard InChI is InChI=1S/C13H19ClN2O3S/c1-16(9-10-5-7-19-8-6-10)20(17,18)13-11(14)3-2-4-12(13)15/h2-4,10H,5-9,15H2,1H3. The summed E-state index contributed by atoms with van der Waals surface area (Å²) in [5.74, 6) is 0.312. The van der Waals surface area contributed by atoms with E-state index in [1.165, 1.54) is 10.4 Å². The summed E-state index contributed by atoms with van der Waals surface area (Å²) in [6.07, 6.45) is 1.75. The van der Waals surface area contributed by atoms with Gasteiger partial charge in [-0.3, -0.25) is 0 Å². The SMILES string of the molecule is CN(CC1CCOCC1)S(=O)(=O)c1c(N)cccc1Cl. The zero-order valence-corrected chi connectivity index (χ0v) is 13.0. The van der Waals surface area contributed by atoms with Crippen LogP contribution in [0.2, 0.25) is 5.02 Å². The van der Waals surface area contributed by atoms with E-state index in [1.807, 2.05) is 0 Å². The maximum absolute atomic E-state index is 12.6. The third-order valence-corrected chi connectivity index (χ3v) is 5.89. The van der Waals surface area contributed by atoms with Crippen molar-refractivity contribution in [2.75, 3.05) is 32.5 Å². The van der Waals surface area contributed by atoms with Crippen molar-refractivity contribution >= 4 is 27.3 Å². The van der Waals surface area contributed by atoms with E-state index >= 15 is 0 Å². The van der Waals surface area contributed by atoms with Crippen LogP contribution in [0.4, 0.5) is 5.69 Å². The molecule has 20 heavy (non-hydrogen) atoms. The van der Waals surface area contributed by atoms with E-state index < -0.39 is 10.0 Å². The summed E-state index contributed by atoms with van der Waals surface area (Å²) in [7, 11) is -2.10. The van der Waals surface area contributed by atoms with Crippen molar-refractivity contribution in [3.63, 3.8) is 0 Å². The van der Waals surface area contributed by atoms with Crippen LogP contribution in [0, 0.1) is 5.92 Å². The molecule has 0 aromatic heterocycles. The number of nitrogens with two attached hydrogens (primary N) is 1. The number of rotatable bonds is 4. The van der Waals surface area contributed by atoms with Gasteiger partial charge < -0.3 is 10.5 Å². The minimum Gasteiger partial charge on any atom is -0.398 e. The highest BCUT2D eigenvalue weighted by Crippen LogP contribution is 2.30. The molecule has 112 valence electrons. The van der Waals surface area contributed by atoms with Gasteiger partial charge >= 0.3 is 0 Å². The first-order chi connectivity index (χ1) is 9.43. The largest absolute Gasteiger partial charge is 0.398 e. The maximum atomic E-state index is 12.6. The lowest BCUT2D eigenvalue weighted by Crippen LogP contribution is -2.34. The fraction of sp³-hybridized carbons (Fsp3) is 0.538. The molecule has 0 atom stereocenters. The average molecular weight is 319 g/mol. The Morgan fingerprint density at radius 1 is 1.40 bits per heavy atom. The topological polar surface area (TPSA) is 72.6 Å². The predicted molar refractivity (Wildman–Crippen MR) is 79.2 cm³/mol. The molecule has 1 aromatic carbocycles. The second kappa shape index (κ2) is 6.30. The minimum atomic E-state index is -3.66. The summed E-state index contributed by atoms with van der Waals surface area (Å²) in [6, 6.07) is 4.71. The van der Waals surface area contributed by atoms with Gasteiger partial charge in [0, 0.05) is 26.8 Å². The number of ether oxygens (including phenoxy) is 1. The van der Waals surface area contributed by atoms with E-state index in [0.29, 0.717) is 25.7 Å². The summed E-state index contributed by atoms with van der Waals surface area (Å²) in [5, 5.41) is 0.156. The summed E-state index contributed by atoms with van der Waals surface area (Å²) in [4.78, 5) is -0.00349. The van der Waals surface area contributed by atoms with Crippen molar-refractivity contribution < 1.29 is 13.2 Å². The van der Waals surface area contributed by atoms with Crippen LogP contribution in [0.25, 0.3) is 0 Å². The molecule has 1 heterocycles. The molecule has 0 aliphatic carbocycles. The van der Waals surface area contributed by atoms with E-state index in [1.54, 1.807) is 19.2 Å². The molecule has 1 saturated heterocycles. The molecule has 2 N–H and O–H groups in total. The van der Waals surface area contributed by atoms with Crippen molar-refractivity contribution in [2.45, 2.75) is 17.7 Å². The first-order valence-corrected chi connectivity index (χ1v) is 8.33. The van der Waals surface area contributed by atoms with Crippen LogP contribution in [0.1, 0.15) is 12.8 Å². The first kappa shape index (κ1) is 15.6.